The van der Waals surface area contributed by atoms with Crippen LogP contribution in [0.25, 0.3) is 0 Å². The van der Waals surface area contributed by atoms with Crippen LogP contribution < -0.4 is 5.32 Å². The van der Waals surface area contributed by atoms with Gasteiger partial charge in [0.15, 0.2) is 5.69 Å². The topological polar surface area (TPSA) is 78.6 Å². The van der Waals surface area contributed by atoms with E-state index in [9.17, 15) is 18.7 Å². The van der Waals surface area contributed by atoms with Crippen LogP contribution in [-0.4, -0.2) is 34.0 Å². The van der Waals surface area contributed by atoms with E-state index in [4.69, 9.17) is 4.42 Å². The van der Waals surface area contributed by atoms with Gasteiger partial charge in [-0.3, -0.25) is 4.79 Å². The molecule has 1 aromatic rings. The number of rotatable bonds is 5. The first kappa shape index (κ1) is 20.1. The van der Waals surface area contributed by atoms with Crippen LogP contribution >= 0.6 is 0 Å². The number of carbonyl (C=O) groups is 1. The Hall–Kier alpha value is -2.22. The zero-order valence-electron chi connectivity index (χ0n) is 15.7. The second kappa shape index (κ2) is 7.57. The fraction of sp³-hybridized carbons (Fsp3) is 0.556. The summed E-state index contributed by atoms with van der Waals surface area (Å²) in [4.78, 5) is 17.8. The van der Waals surface area contributed by atoms with Crippen molar-refractivity contribution < 1.29 is 23.1 Å². The summed E-state index contributed by atoms with van der Waals surface area (Å²) in [6, 6.07) is 0. The van der Waals surface area contributed by atoms with Crippen molar-refractivity contribution in [1.29, 1.82) is 0 Å². The van der Waals surface area contributed by atoms with E-state index >= 15 is 0 Å². The summed E-state index contributed by atoms with van der Waals surface area (Å²) in [6.07, 6.45) is -0.500. The van der Waals surface area contributed by atoms with Crippen molar-refractivity contribution in [3.63, 3.8) is 0 Å². The highest BCUT2D eigenvalue weighted by Gasteiger charge is 2.34. The Morgan fingerprint density at radius 2 is 2.08 bits per heavy atom. The molecular weight excluding hydrogens is 344 g/mol. The smallest absolute Gasteiger partial charge is 0.292 e. The van der Waals surface area contributed by atoms with Gasteiger partial charge in [-0.05, 0) is 46.4 Å². The molecule has 1 aliphatic heterocycles. The Kier molecular flexibility index (Phi) is 5.85. The molecule has 2 N–H and O–H groups in total. The Morgan fingerprint density at radius 3 is 2.58 bits per heavy atom. The van der Waals surface area contributed by atoms with Gasteiger partial charge in [-0.1, -0.05) is 5.57 Å². The summed E-state index contributed by atoms with van der Waals surface area (Å²) in [6.45, 7) is 9.22. The number of hydrogen-bond acceptors (Lipinski definition) is 5. The van der Waals surface area contributed by atoms with Gasteiger partial charge in [-0.25, -0.2) is 13.8 Å². The predicted octanol–water partition coefficient (Wildman–Crippen LogP) is 3.47. The Balaban J connectivity index is 2.25. The molecule has 0 radical (unpaired) electrons. The monoisotopic (exact) mass is 369 g/mol. The number of nitrogens with zero attached hydrogens (tertiary/aromatic N) is 2. The van der Waals surface area contributed by atoms with E-state index in [0.29, 0.717) is 19.5 Å². The molecule has 8 heteroatoms. The lowest BCUT2D eigenvalue weighted by Crippen LogP contribution is -2.38. The molecule has 26 heavy (non-hydrogen) atoms. The van der Waals surface area contributed by atoms with E-state index in [2.05, 4.69) is 10.3 Å². The van der Waals surface area contributed by atoms with E-state index in [0.717, 1.165) is 16.8 Å². The SMILES string of the molecule is CC(C)=CNC1=C(C)CN(C(=O)c2oc(C(C)(C)O)nc2C(F)F)CC1. The lowest BCUT2D eigenvalue weighted by atomic mass is 10.1. The average molecular weight is 369 g/mol. The van der Waals surface area contributed by atoms with Crippen molar-refractivity contribution in [2.45, 2.75) is 53.1 Å². The second-order valence-electron chi connectivity index (χ2n) is 7.19. The molecule has 0 unspecified atom stereocenters. The van der Waals surface area contributed by atoms with Gasteiger partial charge >= 0.3 is 0 Å². The third kappa shape index (κ3) is 4.49. The normalized spacial score (nSPS) is 15.5. The van der Waals surface area contributed by atoms with Crippen molar-refractivity contribution >= 4 is 5.91 Å². The largest absolute Gasteiger partial charge is 0.432 e. The fourth-order valence-corrected chi connectivity index (χ4v) is 2.56. The standard InChI is InChI=1S/C18H25F2N3O3/c1-10(2)8-21-12-6-7-23(9-11(12)3)16(24)14-13(15(19)20)22-17(26-14)18(4,5)25/h8,15,21,25H,6-7,9H2,1-5H3. The van der Waals surface area contributed by atoms with Crippen molar-refractivity contribution in [3.05, 3.63) is 40.4 Å². The van der Waals surface area contributed by atoms with Gasteiger partial charge in [0.2, 0.25) is 11.7 Å². The molecule has 1 aliphatic rings. The molecule has 0 spiro atoms. The van der Waals surface area contributed by atoms with Crippen LogP contribution in [0.15, 0.2) is 27.5 Å². The van der Waals surface area contributed by atoms with Gasteiger partial charge in [0.25, 0.3) is 12.3 Å². The third-order valence-electron chi connectivity index (χ3n) is 3.97. The summed E-state index contributed by atoms with van der Waals surface area (Å²) in [7, 11) is 0. The molecule has 0 atom stereocenters. The highest BCUT2D eigenvalue weighted by molar-refractivity contribution is 5.93. The van der Waals surface area contributed by atoms with Gasteiger partial charge in [-0.15, -0.1) is 0 Å². The fourth-order valence-electron chi connectivity index (χ4n) is 2.56. The van der Waals surface area contributed by atoms with Crippen LogP contribution in [0.4, 0.5) is 8.78 Å². The zero-order valence-corrected chi connectivity index (χ0v) is 15.7. The van der Waals surface area contributed by atoms with Crippen LogP contribution in [0, 0.1) is 0 Å². The molecule has 2 heterocycles. The number of carbonyl (C=O) groups excluding carboxylic acids is 1. The van der Waals surface area contributed by atoms with Crippen LogP contribution in [-0.2, 0) is 5.60 Å². The number of aliphatic hydroxyl groups is 1. The number of hydrogen-bond donors (Lipinski definition) is 2. The van der Waals surface area contributed by atoms with Crippen LogP contribution in [0.2, 0.25) is 0 Å². The van der Waals surface area contributed by atoms with Crippen molar-refractivity contribution in [1.82, 2.24) is 15.2 Å². The first-order valence-electron chi connectivity index (χ1n) is 8.40. The minimum atomic E-state index is -2.97. The Morgan fingerprint density at radius 1 is 1.42 bits per heavy atom. The van der Waals surface area contributed by atoms with Crippen molar-refractivity contribution in [3.8, 4) is 0 Å². The van der Waals surface area contributed by atoms with E-state index < -0.39 is 29.4 Å². The second-order valence-corrected chi connectivity index (χ2v) is 7.19. The molecular formula is C18H25F2N3O3. The maximum Gasteiger partial charge on any atom is 0.292 e. The number of nitrogens with one attached hydrogen (secondary N) is 1. The summed E-state index contributed by atoms with van der Waals surface area (Å²) >= 11 is 0. The molecule has 0 fully saturated rings. The van der Waals surface area contributed by atoms with Gasteiger partial charge < -0.3 is 19.7 Å². The third-order valence-corrected chi connectivity index (χ3v) is 3.97. The molecule has 0 aliphatic carbocycles. The zero-order chi connectivity index (χ0) is 19.6. The van der Waals surface area contributed by atoms with E-state index in [1.54, 1.807) is 0 Å². The van der Waals surface area contributed by atoms with Gasteiger partial charge in [0, 0.05) is 25.2 Å². The summed E-state index contributed by atoms with van der Waals surface area (Å²) < 4.78 is 31.8. The maximum absolute atomic E-state index is 13.3. The van der Waals surface area contributed by atoms with Crippen LogP contribution in [0.3, 0.4) is 0 Å². The Bertz CT molecular complexity index is 741. The minimum Gasteiger partial charge on any atom is -0.432 e. The molecule has 6 nitrogen and oxygen atoms in total. The molecule has 144 valence electrons. The quantitative estimate of drug-likeness (QED) is 0.831. The predicted molar refractivity (Wildman–Crippen MR) is 92.5 cm³/mol. The van der Waals surface area contributed by atoms with Gasteiger partial charge in [0.05, 0.1) is 0 Å². The highest BCUT2D eigenvalue weighted by atomic mass is 19.3. The first-order valence-corrected chi connectivity index (χ1v) is 8.40. The molecule has 1 aromatic heterocycles. The number of allylic oxidation sites excluding steroid dienone is 1. The Labute approximate surface area is 151 Å². The molecule has 1 amide bonds. The molecule has 0 saturated heterocycles. The number of amides is 1. The van der Waals surface area contributed by atoms with Crippen molar-refractivity contribution in [2.75, 3.05) is 13.1 Å². The molecule has 0 aromatic carbocycles. The summed E-state index contributed by atoms with van der Waals surface area (Å²) in [5.41, 5.74) is 0.789. The van der Waals surface area contributed by atoms with Gasteiger partial charge in [0.1, 0.15) is 5.60 Å². The van der Waals surface area contributed by atoms with Crippen LogP contribution in [0.5, 0.6) is 0 Å². The van der Waals surface area contributed by atoms with E-state index in [1.165, 1.54) is 18.7 Å². The average Bonchev–Trinajstić information content (AvgIpc) is 2.98. The van der Waals surface area contributed by atoms with E-state index in [1.807, 2.05) is 27.0 Å². The van der Waals surface area contributed by atoms with Gasteiger partial charge in [-0.2, -0.15) is 0 Å². The molecule has 0 saturated carbocycles. The van der Waals surface area contributed by atoms with Crippen molar-refractivity contribution in [2.24, 2.45) is 0 Å². The first-order chi connectivity index (χ1) is 12.0. The number of oxazole rings is 1. The molecule has 2 rings (SSSR count). The maximum atomic E-state index is 13.3. The lowest BCUT2D eigenvalue weighted by Gasteiger charge is -2.29. The number of halogens is 2. The number of aromatic nitrogens is 1. The van der Waals surface area contributed by atoms with Crippen LogP contribution in [0.1, 0.15) is 69.6 Å². The molecule has 0 bridgehead atoms. The summed E-state index contributed by atoms with van der Waals surface area (Å²) in [5, 5.41) is 13.1. The minimum absolute atomic E-state index is 0.300. The highest BCUT2D eigenvalue weighted by Crippen LogP contribution is 2.30. The summed E-state index contributed by atoms with van der Waals surface area (Å²) in [5.74, 6) is -1.46. The van der Waals surface area contributed by atoms with E-state index in [-0.39, 0.29) is 5.89 Å². The number of alkyl halides is 2. The lowest BCUT2D eigenvalue weighted by molar-refractivity contribution is 0.0451.